The monoisotopic (exact) mass is 406 g/mol. The summed E-state index contributed by atoms with van der Waals surface area (Å²) < 4.78 is 10.5. The minimum absolute atomic E-state index is 0.0229. The van der Waals surface area contributed by atoms with Crippen molar-refractivity contribution >= 4 is 0 Å². The topological polar surface area (TPSA) is 239 Å². The van der Waals surface area contributed by atoms with E-state index < -0.39 is 74.3 Å². The fraction of sp³-hybridized carbons (Fsp3) is 1.00. The van der Waals surface area contributed by atoms with Crippen molar-refractivity contribution in [2.75, 3.05) is 13.2 Å². The van der Waals surface area contributed by atoms with E-state index in [1.807, 2.05) is 0 Å². The Morgan fingerprint density at radius 3 is 1.74 bits per heavy atom. The molecule has 14 heteroatoms. The predicted octanol–water partition coefficient (Wildman–Crippen LogP) is -4.85. The molecule has 2 fully saturated rings. The molecular weight excluding hydrogens is 380 g/mol. The molecule has 0 aromatic heterocycles. The van der Waals surface area contributed by atoms with Gasteiger partial charge in [-0.15, -0.1) is 0 Å². The maximum absolute atomic E-state index is 9.96. The molecule has 162 valence electrons. The Labute approximate surface area is 152 Å². The first-order valence-corrected chi connectivity index (χ1v) is 7.96. The maximum Gasteiger partial charge on any atom is 0.187 e. The number of rotatable bonds is 5. The van der Waals surface area contributed by atoms with Crippen molar-refractivity contribution in [3.8, 4) is 0 Å². The molecule has 1 aliphatic carbocycles. The van der Waals surface area contributed by atoms with E-state index in [-0.39, 0.29) is 6.42 Å². The minimum atomic E-state index is -1.64. The van der Waals surface area contributed by atoms with Gasteiger partial charge in [0.25, 0.3) is 0 Å². The Balaban J connectivity index is 0.000000828. The SMILES string of the molecule is OCC1C[C@@H](O[C@H]2OC(CO)[C@@H](O)[C@H](O)C2O)C(O)C(O)[C@@H]1O.OOOO. The molecule has 0 radical (unpaired) electrons. The van der Waals surface area contributed by atoms with Crippen LogP contribution in [0.2, 0.25) is 0 Å². The fourth-order valence-electron chi connectivity index (χ4n) is 2.95. The summed E-state index contributed by atoms with van der Waals surface area (Å²) in [6.45, 7) is -1.07. The average molecular weight is 406 g/mol. The summed E-state index contributed by atoms with van der Waals surface area (Å²) >= 11 is 0. The van der Waals surface area contributed by atoms with Gasteiger partial charge in [0.1, 0.15) is 36.6 Å². The van der Waals surface area contributed by atoms with Crippen molar-refractivity contribution in [2.45, 2.75) is 61.5 Å². The van der Waals surface area contributed by atoms with E-state index in [1.165, 1.54) is 0 Å². The predicted molar refractivity (Wildman–Crippen MR) is 79.3 cm³/mol. The van der Waals surface area contributed by atoms with E-state index >= 15 is 0 Å². The van der Waals surface area contributed by atoms with Gasteiger partial charge in [-0.25, -0.2) is 10.5 Å². The average Bonchev–Trinajstić information content (AvgIpc) is 2.68. The maximum atomic E-state index is 9.96. The molecule has 0 aromatic rings. The van der Waals surface area contributed by atoms with E-state index in [0.29, 0.717) is 0 Å². The van der Waals surface area contributed by atoms with E-state index in [1.54, 1.807) is 0 Å². The van der Waals surface area contributed by atoms with E-state index in [4.69, 9.17) is 25.1 Å². The van der Waals surface area contributed by atoms with Gasteiger partial charge in [0.05, 0.1) is 18.8 Å². The van der Waals surface area contributed by atoms with Crippen molar-refractivity contribution in [2.24, 2.45) is 5.92 Å². The number of ether oxygens (including phenoxy) is 2. The van der Waals surface area contributed by atoms with Gasteiger partial charge >= 0.3 is 0 Å². The zero-order valence-corrected chi connectivity index (χ0v) is 14.0. The van der Waals surface area contributed by atoms with Crippen LogP contribution in [0.3, 0.4) is 0 Å². The van der Waals surface area contributed by atoms with Gasteiger partial charge < -0.3 is 50.3 Å². The molecule has 0 amide bonds. The highest BCUT2D eigenvalue weighted by atomic mass is 17.6. The molecule has 10 N–H and O–H groups in total. The summed E-state index contributed by atoms with van der Waals surface area (Å²) in [7, 11) is 0. The number of hydrogen-bond donors (Lipinski definition) is 10. The fourth-order valence-corrected chi connectivity index (χ4v) is 2.95. The summed E-state index contributed by atoms with van der Waals surface area (Å²) in [5, 5.41) is 96.1. The van der Waals surface area contributed by atoms with Gasteiger partial charge in [0.2, 0.25) is 0 Å². The summed E-state index contributed by atoms with van der Waals surface area (Å²) in [5.74, 6) is -0.747. The highest BCUT2D eigenvalue weighted by Gasteiger charge is 2.48. The van der Waals surface area contributed by atoms with Crippen LogP contribution in [0.5, 0.6) is 0 Å². The van der Waals surface area contributed by atoms with Crippen LogP contribution in [0.15, 0.2) is 0 Å². The van der Waals surface area contributed by atoms with Crippen LogP contribution in [-0.4, -0.2) is 120 Å². The van der Waals surface area contributed by atoms with Crippen molar-refractivity contribution in [1.29, 1.82) is 0 Å². The summed E-state index contributed by atoms with van der Waals surface area (Å²) in [4.78, 5) is 0. The van der Waals surface area contributed by atoms with E-state index in [9.17, 15) is 35.7 Å². The van der Waals surface area contributed by atoms with Crippen molar-refractivity contribution in [1.82, 2.24) is 0 Å². The molecule has 5 unspecified atom stereocenters. The smallest absolute Gasteiger partial charge is 0.187 e. The Morgan fingerprint density at radius 2 is 1.26 bits per heavy atom. The van der Waals surface area contributed by atoms with Gasteiger partial charge in [-0.3, -0.25) is 0 Å². The van der Waals surface area contributed by atoms with Gasteiger partial charge in [0.15, 0.2) is 6.29 Å². The highest BCUT2D eigenvalue weighted by Crippen LogP contribution is 2.31. The molecule has 1 heterocycles. The van der Waals surface area contributed by atoms with Gasteiger partial charge in [0, 0.05) is 12.5 Å². The quantitative estimate of drug-likeness (QED) is 0.152. The molecule has 1 saturated carbocycles. The van der Waals surface area contributed by atoms with Gasteiger partial charge in [-0.1, -0.05) is 0 Å². The standard InChI is InChI=1S/C13H24O10.H2O4/c14-2-4-1-5(8(17)10(19)7(4)16)22-13-12(21)11(20)9(18)6(3-15)23-13;1-3-4-2/h4-21H,1-3H2;1-2H/t4?,5-,6?,7-,8?,9-,10?,11+,12?,13+;/m1./s1. The molecule has 27 heavy (non-hydrogen) atoms. The largest absolute Gasteiger partial charge is 0.396 e. The number of aliphatic hydroxyl groups excluding tert-OH is 8. The molecule has 2 rings (SSSR count). The van der Waals surface area contributed by atoms with E-state index in [0.717, 1.165) is 0 Å². The van der Waals surface area contributed by atoms with Crippen LogP contribution in [0, 0.1) is 5.92 Å². The van der Waals surface area contributed by atoms with Crippen molar-refractivity contribution in [3.63, 3.8) is 0 Å². The molecule has 10 atom stereocenters. The molecule has 14 nitrogen and oxygen atoms in total. The normalized spacial score (nSPS) is 45.1. The number of aliphatic hydroxyl groups is 8. The molecule has 0 bridgehead atoms. The first-order chi connectivity index (χ1) is 12.7. The lowest BCUT2D eigenvalue weighted by molar-refractivity contribution is -0.611. The van der Waals surface area contributed by atoms with Gasteiger partial charge in [-0.2, -0.15) is 0 Å². The zero-order valence-electron chi connectivity index (χ0n) is 14.0. The second kappa shape index (κ2) is 11.4. The minimum Gasteiger partial charge on any atom is -0.396 e. The summed E-state index contributed by atoms with van der Waals surface area (Å²) in [5.41, 5.74) is 0. The molecule has 1 saturated heterocycles. The van der Waals surface area contributed by atoms with Crippen LogP contribution in [0.1, 0.15) is 6.42 Å². The first-order valence-electron chi connectivity index (χ1n) is 7.96. The first kappa shape index (κ1) is 24.5. The second-order valence-corrected chi connectivity index (χ2v) is 6.17. The van der Waals surface area contributed by atoms with Crippen LogP contribution < -0.4 is 0 Å². The van der Waals surface area contributed by atoms with Gasteiger partial charge in [-0.05, 0) is 16.5 Å². The lowest BCUT2D eigenvalue weighted by Gasteiger charge is -2.44. The lowest BCUT2D eigenvalue weighted by Crippen LogP contribution is -2.62. The third kappa shape index (κ3) is 5.96. The van der Waals surface area contributed by atoms with Crippen molar-refractivity contribution < 1.29 is 70.9 Å². The Kier molecular flexibility index (Phi) is 10.4. The third-order valence-electron chi connectivity index (χ3n) is 4.52. The molecule has 0 spiro atoms. The highest BCUT2D eigenvalue weighted by molar-refractivity contribution is 4.95. The molecular formula is C13H26O14. The summed E-state index contributed by atoms with van der Waals surface area (Å²) in [6.07, 6.45) is -12.9. The Morgan fingerprint density at radius 1 is 0.704 bits per heavy atom. The molecule has 2 aliphatic rings. The van der Waals surface area contributed by atoms with Crippen LogP contribution in [0.25, 0.3) is 0 Å². The van der Waals surface area contributed by atoms with Crippen molar-refractivity contribution in [3.05, 3.63) is 0 Å². The van der Waals surface area contributed by atoms with Crippen LogP contribution in [0.4, 0.5) is 0 Å². The molecule has 0 aromatic carbocycles. The second-order valence-electron chi connectivity index (χ2n) is 6.17. The molecule has 1 aliphatic heterocycles. The van der Waals surface area contributed by atoms with Crippen LogP contribution >= 0.6 is 0 Å². The Hall–Kier alpha value is -0.560. The van der Waals surface area contributed by atoms with E-state index in [2.05, 4.69) is 10.1 Å². The Bertz CT molecular complexity index is 372. The lowest BCUT2D eigenvalue weighted by atomic mass is 9.81. The third-order valence-corrected chi connectivity index (χ3v) is 4.52. The van der Waals surface area contributed by atoms with Crippen LogP contribution in [-0.2, 0) is 19.6 Å². The zero-order chi connectivity index (χ0) is 20.7. The number of hydrogen-bond acceptors (Lipinski definition) is 14. The summed E-state index contributed by atoms with van der Waals surface area (Å²) in [6, 6.07) is 0.